The van der Waals surface area contributed by atoms with E-state index in [1.807, 2.05) is 6.92 Å². The van der Waals surface area contributed by atoms with Crippen molar-refractivity contribution in [2.75, 3.05) is 5.75 Å². The van der Waals surface area contributed by atoms with Gasteiger partial charge in [0.25, 0.3) is 0 Å². The third-order valence-corrected chi connectivity index (χ3v) is 4.69. The maximum Gasteiger partial charge on any atom is 0.330 e. The van der Waals surface area contributed by atoms with Crippen LogP contribution < -0.4 is 5.32 Å². The van der Waals surface area contributed by atoms with Crippen LogP contribution in [0.15, 0.2) is 22.7 Å². The maximum absolute atomic E-state index is 13.3. The summed E-state index contributed by atoms with van der Waals surface area (Å²) in [6.45, 7) is 5.16. The predicted molar refractivity (Wildman–Crippen MR) is 91.8 cm³/mol. The van der Waals surface area contributed by atoms with Gasteiger partial charge in [-0.1, -0.05) is 17.3 Å². The molecule has 1 aromatic carbocycles. The Balaban J connectivity index is 1.96. The number of rotatable bonds is 7. The van der Waals surface area contributed by atoms with Crippen LogP contribution in [0.2, 0.25) is 0 Å². The summed E-state index contributed by atoms with van der Waals surface area (Å²) in [5.74, 6) is -0.693. The molecule has 6 nitrogen and oxygen atoms in total. The molecular formula is C17H19FN2O4S. The van der Waals surface area contributed by atoms with E-state index in [4.69, 9.17) is 4.52 Å². The Morgan fingerprint density at radius 3 is 2.64 bits per heavy atom. The van der Waals surface area contributed by atoms with Crippen molar-refractivity contribution in [2.45, 2.75) is 32.6 Å². The Hall–Kier alpha value is -2.35. The lowest BCUT2D eigenvalue weighted by atomic mass is 10.0. The van der Waals surface area contributed by atoms with Crippen molar-refractivity contribution in [3.63, 3.8) is 0 Å². The lowest BCUT2D eigenvalue weighted by Crippen LogP contribution is -2.35. The summed E-state index contributed by atoms with van der Waals surface area (Å²) in [7, 11) is 0. The Labute approximate surface area is 148 Å². The third-order valence-electron chi connectivity index (χ3n) is 3.73. The van der Waals surface area contributed by atoms with Crippen LogP contribution in [0, 0.1) is 26.6 Å². The average Bonchev–Trinajstić information content (AvgIpc) is 2.87. The first-order chi connectivity index (χ1) is 11.8. The monoisotopic (exact) mass is 366 g/mol. The molecule has 1 amide bonds. The van der Waals surface area contributed by atoms with Gasteiger partial charge in [0.05, 0.1) is 11.4 Å². The highest BCUT2D eigenvalue weighted by Gasteiger charge is 2.22. The van der Waals surface area contributed by atoms with E-state index >= 15 is 0 Å². The molecule has 0 aliphatic rings. The molecule has 0 aliphatic carbocycles. The number of carbonyl (C=O) groups is 2. The number of nitrogens with one attached hydrogen (secondary N) is 1. The van der Waals surface area contributed by atoms with Crippen LogP contribution in [-0.4, -0.2) is 27.9 Å². The summed E-state index contributed by atoms with van der Waals surface area (Å²) in [6, 6.07) is 2.76. The largest absolute Gasteiger partial charge is 0.479 e. The number of thioether (sulfide) groups is 1. The van der Waals surface area contributed by atoms with Gasteiger partial charge in [0.1, 0.15) is 11.6 Å². The number of halogens is 1. The van der Waals surface area contributed by atoms with Gasteiger partial charge >= 0.3 is 5.97 Å². The summed E-state index contributed by atoms with van der Waals surface area (Å²) in [4.78, 5) is 23.5. The molecule has 0 bridgehead atoms. The molecule has 0 spiro atoms. The summed E-state index contributed by atoms with van der Waals surface area (Å²) in [6.07, 6.45) is 0. The van der Waals surface area contributed by atoms with E-state index < -0.39 is 23.7 Å². The zero-order chi connectivity index (χ0) is 18.6. The van der Waals surface area contributed by atoms with E-state index in [-0.39, 0.29) is 5.75 Å². The van der Waals surface area contributed by atoms with E-state index in [1.54, 1.807) is 13.8 Å². The molecule has 25 heavy (non-hydrogen) atoms. The van der Waals surface area contributed by atoms with Crippen molar-refractivity contribution in [3.8, 4) is 0 Å². The van der Waals surface area contributed by atoms with Gasteiger partial charge in [-0.25, -0.2) is 9.18 Å². The molecule has 1 heterocycles. The SMILES string of the molecule is Cc1cc(C(NC(=O)CSCc2c(C)noc2C)C(=O)O)ccc1F. The average molecular weight is 366 g/mol. The molecule has 2 aromatic rings. The Morgan fingerprint density at radius 1 is 1.36 bits per heavy atom. The highest BCUT2D eigenvalue weighted by molar-refractivity contribution is 7.99. The number of benzene rings is 1. The lowest BCUT2D eigenvalue weighted by Gasteiger charge is -2.15. The lowest BCUT2D eigenvalue weighted by molar-refractivity contribution is -0.141. The minimum absolute atomic E-state index is 0.0913. The van der Waals surface area contributed by atoms with Gasteiger partial charge in [-0.05, 0) is 38.0 Å². The minimum Gasteiger partial charge on any atom is -0.479 e. The molecule has 2 rings (SSSR count). The molecule has 0 aliphatic heterocycles. The molecular weight excluding hydrogens is 347 g/mol. The second-order valence-electron chi connectivity index (χ2n) is 5.64. The fraction of sp³-hybridized carbons (Fsp3) is 0.353. The molecule has 1 unspecified atom stereocenters. The summed E-state index contributed by atoms with van der Waals surface area (Å²) in [5, 5.41) is 15.7. The second-order valence-corrected chi connectivity index (χ2v) is 6.63. The van der Waals surface area contributed by atoms with Gasteiger partial charge < -0.3 is 14.9 Å². The number of aromatic nitrogens is 1. The van der Waals surface area contributed by atoms with E-state index in [0.717, 1.165) is 11.3 Å². The highest BCUT2D eigenvalue weighted by atomic mass is 32.2. The number of amides is 1. The molecule has 0 saturated carbocycles. The number of hydrogen-bond acceptors (Lipinski definition) is 5. The van der Waals surface area contributed by atoms with Gasteiger partial charge in [-0.2, -0.15) is 0 Å². The molecule has 8 heteroatoms. The van der Waals surface area contributed by atoms with Crippen LogP contribution in [0.3, 0.4) is 0 Å². The normalized spacial score (nSPS) is 12.0. The van der Waals surface area contributed by atoms with E-state index in [1.165, 1.54) is 30.0 Å². The van der Waals surface area contributed by atoms with Gasteiger partial charge in [0.15, 0.2) is 6.04 Å². The van der Waals surface area contributed by atoms with Crippen LogP contribution in [0.5, 0.6) is 0 Å². The molecule has 0 saturated heterocycles. The van der Waals surface area contributed by atoms with Crippen LogP contribution >= 0.6 is 11.8 Å². The Kier molecular flexibility index (Phi) is 6.19. The Morgan fingerprint density at radius 2 is 2.08 bits per heavy atom. The number of carboxylic acids is 1. The zero-order valence-electron chi connectivity index (χ0n) is 14.1. The molecule has 2 N–H and O–H groups in total. The standard InChI is InChI=1S/C17H19FN2O4S/c1-9-6-12(4-5-14(9)18)16(17(22)23)19-15(21)8-25-7-13-10(2)20-24-11(13)3/h4-6,16H,7-8H2,1-3H3,(H,19,21)(H,22,23). The van der Waals surface area contributed by atoms with Crippen molar-refractivity contribution in [2.24, 2.45) is 0 Å². The van der Waals surface area contributed by atoms with Crippen molar-refractivity contribution in [1.29, 1.82) is 0 Å². The first-order valence-electron chi connectivity index (χ1n) is 7.57. The Bertz CT molecular complexity index is 771. The van der Waals surface area contributed by atoms with Crippen molar-refractivity contribution in [1.82, 2.24) is 10.5 Å². The number of aliphatic carboxylic acids is 1. The van der Waals surface area contributed by atoms with Crippen molar-refractivity contribution < 1.29 is 23.6 Å². The molecule has 0 fully saturated rings. The molecule has 0 radical (unpaired) electrons. The van der Waals surface area contributed by atoms with Gasteiger partial charge in [0.2, 0.25) is 5.91 Å². The second kappa shape index (κ2) is 8.15. The number of carbonyl (C=O) groups excluding carboxylic acids is 1. The van der Waals surface area contributed by atoms with Crippen LogP contribution in [-0.2, 0) is 15.3 Å². The molecule has 1 atom stereocenters. The topological polar surface area (TPSA) is 92.4 Å². The number of nitrogens with zero attached hydrogens (tertiary/aromatic N) is 1. The summed E-state index contributed by atoms with van der Waals surface area (Å²) in [5.41, 5.74) is 2.36. The zero-order valence-corrected chi connectivity index (χ0v) is 14.9. The van der Waals surface area contributed by atoms with Crippen LogP contribution in [0.4, 0.5) is 4.39 Å². The summed E-state index contributed by atoms with van der Waals surface area (Å²) < 4.78 is 18.4. The first-order valence-corrected chi connectivity index (χ1v) is 8.72. The quantitative estimate of drug-likeness (QED) is 0.783. The van der Waals surface area contributed by atoms with E-state index in [0.29, 0.717) is 22.6 Å². The molecule has 1 aromatic heterocycles. The first kappa shape index (κ1) is 19.0. The van der Waals surface area contributed by atoms with Crippen molar-refractivity contribution >= 4 is 23.6 Å². The minimum atomic E-state index is -1.22. The third kappa shape index (κ3) is 4.82. The smallest absolute Gasteiger partial charge is 0.330 e. The fourth-order valence-corrected chi connectivity index (χ4v) is 3.28. The highest BCUT2D eigenvalue weighted by Crippen LogP contribution is 2.20. The predicted octanol–water partition coefficient (Wildman–Crippen LogP) is 2.91. The van der Waals surface area contributed by atoms with Crippen LogP contribution in [0.25, 0.3) is 0 Å². The van der Waals surface area contributed by atoms with Gasteiger partial charge in [-0.15, -0.1) is 11.8 Å². The number of hydrogen-bond donors (Lipinski definition) is 2. The summed E-state index contributed by atoms with van der Waals surface area (Å²) >= 11 is 1.34. The maximum atomic E-state index is 13.3. The van der Waals surface area contributed by atoms with E-state index in [9.17, 15) is 19.1 Å². The van der Waals surface area contributed by atoms with Gasteiger partial charge in [-0.3, -0.25) is 4.79 Å². The van der Waals surface area contributed by atoms with Crippen molar-refractivity contribution in [3.05, 3.63) is 52.2 Å². The number of aryl methyl sites for hydroxylation is 3. The van der Waals surface area contributed by atoms with Gasteiger partial charge in [0, 0.05) is 11.3 Å². The number of carboxylic acid groups (broad SMARTS) is 1. The fourth-order valence-electron chi connectivity index (χ4n) is 2.29. The molecule has 134 valence electrons. The van der Waals surface area contributed by atoms with E-state index in [2.05, 4.69) is 10.5 Å². The van der Waals surface area contributed by atoms with Crippen LogP contribution in [0.1, 0.15) is 34.2 Å².